The fourth-order valence-electron chi connectivity index (χ4n) is 3.88. The Balaban J connectivity index is 1.67. The van der Waals surface area contributed by atoms with Gasteiger partial charge in [0.2, 0.25) is 10.0 Å². The molecule has 6 nitrogen and oxygen atoms in total. The van der Waals surface area contributed by atoms with E-state index >= 15 is 0 Å². The molecule has 2 aromatic carbocycles. The van der Waals surface area contributed by atoms with Crippen molar-refractivity contribution in [3.8, 4) is 6.07 Å². The number of carbonyl (C=O) groups is 1. The van der Waals surface area contributed by atoms with E-state index in [2.05, 4.69) is 10.0 Å². The van der Waals surface area contributed by atoms with E-state index < -0.39 is 10.0 Å². The minimum atomic E-state index is -3.69. The van der Waals surface area contributed by atoms with Crippen LogP contribution in [0.15, 0.2) is 53.4 Å². The Kier molecular flexibility index (Phi) is 7.14. The highest BCUT2D eigenvalue weighted by molar-refractivity contribution is 7.89. The maximum Gasteiger partial charge on any atom is 0.251 e. The molecule has 0 radical (unpaired) electrons. The van der Waals surface area contributed by atoms with Gasteiger partial charge in [0.15, 0.2) is 0 Å². The average Bonchev–Trinajstić information content (AvgIpc) is 3.23. The Hall–Kier alpha value is -2.40. The van der Waals surface area contributed by atoms with E-state index in [0.717, 1.165) is 25.7 Å². The van der Waals surface area contributed by atoms with Crippen LogP contribution < -0.4 is 10.0 Å². The summed E-state index contributed by atoms with van der Waals surface area (Å²) in [5.41, 5.74) is 1.47. The van der Waals surface area contributed by atoms with Crippen LogP contribution in [-0.2, 0) is 15.4 Å². The van der Waals surface area contributed by atoms with Crippen molar-refractivity contribution in [3.05, 3.63) is 64.7 Å². The minimum Gasteiger partial charge on any atom is -0.351 e. The van der Waals surface area contributed by atoms with Gasteiger partial charge < -0.3 is 5.32 Å². The van der Waals surface area contributed by atoms with Crippen LogP contribution in [0.3, 0.4) is 0 Å². The lowest BCUT2D eigenvalue weighted by molar-refractivity contribution is 0.0943. The van der Waals surface area contributed by atoms with Gasteiger partial charge in [-0.1, -0.05) is 36.6 Å². The Bertz CT molecular complexity index is 1020. The van der Waals surface area contributed by atoms with Crippen molar-refractivity contribution in [2.24, 2.45) is 0 Å². The number of nitrogens with one attached hydrogen (secondary N) is 2. The zero-order valence-electron chi connectivity index (χ0n) is 16.5. The van der Waals surface area contributed by atoms with Gasteiger partial charge in [-0.2, -0.15) is 5.26 Å². The van der Waals surface area contributed by atoms with Gasteiger partial charge in [0.05, 0.1) is 11.0 Å². The smallest absolute Gasteiger partial charge is 0.251 e. The van der Waals surface area contributed by atoms with Gasteiger partial charge in [0.25, 0.3) is 5.91 Å². The first-order valence-corrected chi connectivity index (χ1v) is 11.7. The summed E-state index contributed by atoms with van der Waals surface area (Å²) in [5, 5.41) is 12.2. The van der Waals surface area contributed by atoms with Crippen molar-refractivity contribution >= 4 is 27.5 Å². The molecule has 3 rings (SSSR count). The van der Waals surface area contributed by atoms with Crippen molar-refractivity contribution in [2.45, 2.75) is 42.4 Å². The third kappa shape index (κ3) is 5.20. The molecule has 0 aromatic heterocycles. The number of sulfonamides is 1. The summed E-state index contributed by atoms with van der Waals surface area (Å²) in [6.45, 7) is 0.567. The molecular weight excluding hydrogens is 422 g/mol. The third-order valence-electron chi connectivity index (χ3n) is 5.56. The molecule has 1 fully saturated rings. The van der Waals surface area contributed by atoms with Crippen molar-refractivity contribution in [1.82, 2.24) is 10.0 Å². The zero-order chi connectivity index (χ0) is 21.6. The number of rotatable bonds is 8. The van der Waals surface area contributed by atoms with Gasteiger partial charge in [0, 0.05) is 35.5 Å². The SMILES string of the molecule is N#CCCNS(=O)(=O)c1ccc(C(=O)NCC2(c3ccc(Cl)cc3)CCCC2)cc1. The number of carbonyl (C=O) groups excluding carboxylic acids is 1. The van der Waals surface area contributed by atoms with E-state index in [4.69, 9.17) is 16.9 Å². The molecule has 1 saturated carbocycles. The first kappa shape index (κ1) is 22.3. The molecule has 0 unspecified atom stereocenters. The number of nitriles is 1. The molecule has 0 spiro atoms. The number of halogens is 1. The third-order valence-corrected chi connectivity index (χ3v) is 7.29. The fraction of sp³-hybridized carbons (Fsp3) is 0.364. The van der Waals surface area contributed by atoms with E-state index in [1.54, 1.807) is 0 Å². The van der Waals surface area contributed by atoms with Gasteiger partial charge in [-0.15, -0.1) is 0 Å². The molecule has 1 aliphatic rings. The first-order valence-electron chi connectivity index (χ1n) is 9.87. The average molecular weight is 446 g/mol. The second-order valence-electron chi connectivity index (χ2n) is 7.51. The fourth-order valence-corrected chi connectivity index (χ4v) is 5.04. The van der Waals surface area contributed by atoms with E-state index in [-0.39, 0.29) is 29.2 Å². The number of hydrogen-bond acceptors (Lipinski definition) is 4. The second kappa shape index (κ2) is 9.61. The Labute approximate surface area is 182 Å². The van der Waals surface area contributed by atoms with E-state index in [9.17, 15) is 13.2 Å². The Morgan fingerprint density at radius 3 is 2.30 bits per heavy atom. The van der Waals surface area contributed by atoms with Gasteiger partial charge in [-0.3, -0.25) is 4.79 Å². The highest BCUT2D eigenvalue weighted by Crippen LogP contribution is 2.41. The number of benzene rings is 2. The van der Waals surface area contributed by atoms with Gasteiger partial charge >= 0.3 is 0 Å². The van der Waals surface area contributed by atoms with Crippen LogP contribution in [0.4, 0.5) is 0 Å². The second-order valence-corrected chi connectivity index (χ2v) is 9.71. The summed E-state index contributed by atoms with van der Waals surface area (Å²) in [7, 11) is -3.69. The molecule has 1 amide bonds. The van der Waals surface area contributed by atoms with E-state index in [1.807, 2.05) is 30.3 Å². The van der Waals surface area contributed by atoms with Gasteiger partial charge in [-0.05, 0) is 54.8 Å². The number of amides is 1. The maximum atomic E-state index is 12.7. The lowest BCUT2D eigenvalue weighted by atomic mass is 9.79. The van der Waals surface area contributed by atoms with E-state index in [1.165, 1.54) is 29.8 Å². The Morgan fingerprint density at radius 1 is 1.07 bits per heavy atom. The van der Waals surface area contributed by atoms with Crippen LogP contribution in [0, 0.1) is 11.3 Å². The largest absolute Gasteiger partial charge is 0.351 e. The molecular formula is C22H24ClN3O3S. The molecule has 2 aromatic rings. The number of nitrogens with zero attached hydrogens (tertiary/aromatic N) is 1. The predicted molar refractivity (Wildman–Crippen MR) is 116 cm³/mol. The van der Waals surface area contributed by atoms with Crippen LogP contribution in [0.25, 0.3) is 0 Å². The summed E-state index contributed by atoms with van der Waals surface area (Å²) in [6, 6.07) is 15.5. The van der Waals surface area contributed by atoms with Crippen LogP contribution in [0.1, 0.15) is 48.0 Å². The molecule has 1 aliphatic carbocycles. The summed E-state index contributed by atoms with van der Waals surface area (Å²) < 4.78 is 26.7. The minimum absolute atomic E-state index is 0.0495. The monoisotopic (exact) mass is 445 g/mol. The zero-order valence-corrected chi connectivity index (χ0v) is 18.1. The molecule has 0 saturated heterocycles. The maximum absolute atomic E-state index is 12.7. The van der Waals surface area contributed by atoms with Crippen molar-refractivity contribution < 1.29 is 13.2 Å². The summed E-state index contributed by atoms with van der Waals surface area (Å²) in [4.78, 5) is 12.7. The van der Waals surface area contributed by atoms with Crippen molar-refractivity contribution in [2.75, 3.05) is 13.1 Å². The van der Waals surface area contributed by atoms with Crippen molar-refractivity contribution in [3.63, 3.8) is 0 Å². The molecule has 2 N–H and O–H groups in total. The normalized spacial score (nSPS) is 15.5. The van der Waals surface area contributed by atoms with E-state index in [0.29, 0.717) is 17.1 Å². The quantitative estimate of drug-likeness (QED) is 0.604. The van der Waals surface area contributed by atoms with Crippen LogP contribution >= 0.6 is 11.6 Å². The lowest BCUT2D eigenvalue weighted by Crippen LogP contribution is -2.39. The first-order chi connectivity index (χ1) is 14.4. The van der Waals surface area contributed by atoms with Crippen LogP contribution in [0.2, 0.25) is 5.02 Å². The van der Waals surface area contributed by atoms with Gasteiger partial charge in [-0.25, -0.2) is 13.1 Å². The molecule has 0 atom stereocenters. The lowest BCUT2D eigenvalue weighted by Gasteiger charge is -2.30. The van der Waals surface area contributed by atoms with Crippen molar-refractivity contribution in [1.29, 1.82) is 5.26 Å². The van der Waals surface area contributed by atoms with Crippen LogP contribution in [0.5, 0.6) is 0 Å². The van der Waals surface area contributed by atoms with Crippen LogP contribution in [-0.4, -0.2) is 27.4 Å². The predicted octanol–water partition coefficient (Wildman–Crippen LogP) is 3.77. The molecule has 0 heterocycles. The standard InChI is InChI=1S/C22H24ClN3O3S/c23-19-8-6-18(7-9-19)22(12-1-2-13-22)16-25-21(27)17-4-10-20(11-5-17)30(28,29)26-15-3-14-24/h4-11,26H,1-3,12-13,15-16H2,(H,25,27). The highest BCUT2D eigenvalue weighted by atomic mass is 35.5. The highest BCUT2D eigenvalue weighted by Gasteiger charge is 2.36. The van der Waals surface area contributed by atoms with Gasteiger partial charge in [0.1, 0.15) is 0 Å². The molecule has 8 heteroatoms. The molecule has 30 heavy (non-hydrogen) atoms. The Morgan fingerprint density at radius 2 is 1.70 bits per heavy atom. The summed E-state index contributed by atoms with van der Waals surface area (Å²) in [5.74, 6) is -0.239. The topological polar surface area (TPSA) is 99.1 Å². The molecule has 158 valence electrons. The summed E-state index contributed by atoms with van der Waals surface area (Å²) >= 11 is 6.02. The molecule has 0 bridgehead atoms. The summed E-state index contributed by atoms with van der Waals surface area (Å²) in [6.07, 6.45) is 4.32. The molecule has 0 aliphatic heterocycles. The number of hydrogen-bond donors (Lipinski definition) is 2.